The van der Waals surface area contributed by atoms with E-state index in [4.69, 9.17) is 5.11 Å². The zero-order valence-electron chi connectivity index (χ0n) is 11.3. The molecule has 17 heavy (non-hydrogen) atoms. The second-order valence-electron chi connectivity index (χ2n) is 5.47. The van der Waals surface area contributed by atoms with Crippen LogP contribution in [0.2, 0.25) is 0 Å². The predicted octanol–water partition coefficient (Wildman–Crippen LogP) is 4.55. The molecule has 0 heterocycles. The van der Waals surface area contributed by atoms with Gasteiger partial charge in [-0.3, -0.25) is 0 Å². The molecule has 0 atom stereocenters. The maximum absolute atomic E-state index is 11.0. The van der Waals surface area contributed by atoms with Crippen LogP contribution in [0.3, 0.4) is 0 Å². The van der Waals surface area contributed by atoms with Crippen molar-refractivity contribution in [2.24, 2.45) is 5.41 Å². The van der Waals surface area contributed by atoms with Gasteiger partial charge in [0.25, 0.3) is 0 Å². The van der Waals surface area contributed by atoms with Crippen LogP contribution >= 0.6 is 0 Å². The van der Waals surface area contributed by atoms with Gasteiger partial charge in [0, 0.05) is 5.57 Å². The van der Waals surface area contributed by atoms with Crippen LogP contribution in [0.5, 0.6) is 0 Å². The number of carboxylic acid groups (broad SMARTS) is 1. The number of carboxylic acids is 1. The van der Waals surface area contributed by atoms with E-state index in [0.717, 1.165) is 19.3 Å². The van der Waals surface area contributed by atoms with Gasteiger partial charge in [-0.25, -0.2) is 4.79 Å². The summed E-state index contributed by atoms with van der Waals surface area (Å²) in [6.07, 6.45) is 13.2. The Labute approximate surface area is 105 Å². The first-order valence-corrected chi connectivity index (χ1v) is 7.02. The Morgan fingerprint density at radius 1 is 1.12 bits per heavy atom. The maximum atomic E-state index is 11.0. The van der Waals surface area contributed by atoms with E-state index in [2.05, 4.69) is 6.92 Å². The summed E-state index contributed by atoms with van der Waals surface area (Å²) in [4.78, 5) is 11.0. The SMILES string of the molecule is CCC1(C=C(C)C(=O)O)CCCCCCCC1. The Balaban J connectivity index is 2.81. The van der Waals surface area contributed by atoms with Gasteiger partial charge in [-0.15, -0.1) is 0 Å². The molecule has 1 N–H and O–H groups in total. The van der Waals surface area contributed by atoms with Crippen molar-refractivity contribution in [2.75, 3.05) is 0 Å². The van der Waals surface area contributed by atoms with E-state index in [9.17, 15) is 4.79 Å². The normalized spacial score (nSPS) is 22.4. The highest BCUT2D eigenvalue weighted by Gasteiger charge is 2.26. The number of hydrogen-bond acceptors (Lipinski definition) is 1. The topological polar surface area (TPSA) is 37.3 Å². The fourth-order valence-corrected chi connectivity index (χ4v) is 2.91. The molecule has 2 heteroatoms. The molecule has 0 aromatic heterocycles. The highest BCUT2D eigenvalue weighted by Crippen LogP contribution is 2.38. The molecule has 0 unspecified atom stereocenters. The molecule has 0 aromatic carbocycles. The Hall–Kier alpha value is -0.790. The third kappa shape index (κ3) is 4.53. The fourth-order valence-electron chi connectivity index (χ4n) is 2.91. The zero-order valence-corrected chi connectivity index (χ0v) is 11.3. The van der Waals surface area contributed by atoms with Crippen LogP contribution in [0, 0.1) is 5.41 Å². The fraction of sp³-hybridized carbons (Fsp3) is 0.800. The van der Waals surface area contributed by atoms with Crippen LogP contribution in [-0.4, -0.2) is 11.1 Å². The highest BCUT2D eigenvalue weighted by molar-refractivity contribution is 5.85. The second kappa shape index (κ2) is 6.83. The minimum absolute atomic E-state index is 0.146. The minimum atomic E-state index is -0.766. The Bertz CT molecular complexity index is 269. The number of carbonyl (C=O) groups is 1. The average molecular weight is 238 g/mol. The maximum Gasteiger partial charge on any atom is 0.330 e. The molecule has 1 saturated carbocycles. The van der Waals surface area contributed by atoms with Gasteiger partial charge in [0.15, 0.2) is 0 Å². The Morgan fingerprint density at radius 3 is 2.00 bits per heavy atom. The molecule has 1 rings (SSSR count). The molecule has 1 aliphatic carbocycles. The van der Waals surface area contributed by atoms with E-state index in [1.807, 2.05) is 6.08 Å². The first kappa shape index (κ1) is 14.3. The quantitative estimate of drug-likeness (QED) is 0.732. The first-order chi connectivity index (χ1) is 8.09. The molecule has 0 aromatic rings. The number of aliphatic carboxylic acids is 1. The number of allylic oxidation sites excluding steroid dienone is 1. The lowest BCUT2D eigenvalue weighted by atomic mass is 9.75. The zero-order chi connectivity index (χ0) is 12.7. The summed E-state index contributed by atoms with van der Waals surface area (Å²) < 4.78 is 0. The minimum Gasteiger partial charge on any atom is -0.478 e. The van der Waals surface area contributed by atoms with Crippen molar-refractivity contribution in [2.45, 2.75) is 71.6 Å². The molecule has 0 radical (unpaired) electrons. The monoisotopic (exact) mass is 238 g/mol. The van der Waals surface area contributed by atoms with Crippen molar-refractivity contribution in [3.05, 3.63) is 11.6 Å². The summed E-state index contributed by atoms with van der Waals surface area (Å²) in [7, 11) is 0. The summed E-state index contributed by atoms with van der Waals surface area (Å²) in [6.45, 7) is 3.93. The highest BCUT2D eigenvalue weighted by atomic mass is 16.4. The van der Waals surface area contributed by atoms with E-state index in [1.165, 1.54) is 38.5 Å². The lowest BCUT2D eigenvalue weighted by Crippen LogP contribution is -2.18. The molecule has 0 amide bonds. The average Bonchev–Trinajstić information content (AvgIpc) is 2.41. The van der Waals surface area contributed by atoms with E-state index in [1.54, 1.807) is 6.92 Å². The van der Waals surface area contributed by atoms with Gasteiger partial charge in [0.1, 0.15) is 0 Å². The third-order valence-corrected chi connectivity index (χ3v) is 4.16. The van der Waals surface area contributed by atoms with Gasteiger partial charge < -0.3 is 5.11 Å². The lowest BCUT2D eigenvalue weighted by Gasteiger charge is -2.30. The molecule has 0 bridgehead atoms. The summed E-state index contributed by atoms with van der Waals surface area (Å²) in [5, 5.41) is 9.04. The van der Waals surface area contributed by atoms with Crippen molar-refractivity contribution >= 4 is 5.97 Å². The van der Waals surface area contributed by atoms with Crippen molar-refractivity contribution in [1.29, 1.82) is 0 Å². The Kier molecular flexibility index (Phi) is 5.73. The smallest absolute Gasteiger partial charge is 0.330 e. The standard InChI is InChI=1S/C15H26O2/c1-3-15(12-13(2)14(16)17)10-8-6-4-5-7-9-11-15/h12H,3-11H2,1-2H3,(H,16,17). The van der Waals surface area contributed by atoms with Crippen LogP contribution in [0.15, 0.2) is 11.6 Å². The summed E-state index contributed by atoms with van der Waals surface area (Å²) in [5.41, 5.74) is 0.665. The van der Waals surface area contributed by atoms with Crippen molar-refractivity contribution in [3.63, 3.8) is 0 Å². The first-order valence-electron chi connectivity index (χ1n) is 7.02. The van der Waals surface area contributed by atoms with E-state index < -0.39 is 5.97 Å². The summed E-state index contributed by atoms with van der Waals surface area (Å²) in [6, 6.07) is 0. The molecule has 0 aliphatic heterocycles. The van der Waals surface area contributed by atoms with Crippen LogP contribution in [0.1, 0.15) is 71.6 Å². The summed E-state index contributed by atoms with van der Waals surface area (Å²) >= 11 is 0. The van der Waals surface area contributed by atoms with Crippen LogP contribution in [0.4, 0.5) is 0 Å². The summed E-state index contributed by atoms with van der Waals surface area (Å²) in [5.74, 6) is -0.766. The molecular formula is C15H26O2. The molecule has 1 aliphatic rings. The van der Waals surface area contributed by atoms with Crippen molar-refractivity contribution in [1.82, 2.24) is 0 Å². The van der Waals surface area contributed by atoms with Gasteiger partial charge in [-0.1, -0.05) is 51.5 Å². The van der Waals surface area contributed by atoms with Gasteiger partial charge >= 0.3 is 5.97 Å². The molecular weight excluding hydrogens is 212 g/mol. The molecule has 98 valence electrons. The van der Waals surface area contributed by atoms with Crippen molar-refractivity contribution in [3.8, 4) is 0 Å². The van der Waals surface area contributed by atoms with Crippen LogP contribution in [0.25, 0.3) is 0 Å². The molecule has 0 saturated heterocycles. The van der Waals surface area contributed by atoms with E-state index in [0.29, 0.717) is 5.57 Å². The van der Waals surface area contributed by atoms with E-state index >= 15 is 0 Å². The van der Waals surface area contributed by atoms with Gasteiger partial charge in [0.2, 0.25) is 0 Å². The van der Waals surface area contributed by atoms with Gasteiger partial charge in [0.05, 0.1) is 0 Å². The second-order valence-corrected chi connectivity index (χ2v) is 5.47. The van der Waals surface area contributed by atoms with Gasteiger partial charge in [-0.2, -0.15) is 0 Å². The predicted molar refractivity (Wildman–Crippen MR) is 71.1 cm³/mol. The van der Waals surface area contributed by atoms with Crippen molar-refractivity contribution < 1.29 is 9.90 Å². The lowest BCUT2D eigenvalue weighted by molar-refractivity contribution is -0.132. The molecule has 0 spiro atoms. The Morgan fingerprint density at radius 2 is 1.59 bits per heavy atom. The number of rotatable bonds is 3. The van der Waals surface area contributed by atoms with Crippen LogP contribution in [-0.2, 0) is 4.79 Å². The van der Waals surface area contributed by atoms with Gasteiger partial charge in [-0.05, 0) is 31.6 Å². The largest absolute Gasteiger partial charge is 0.478 e. The van der Waals surface area contributed by atoms with E-state index in [-0.39, 0.29) is 5.41 Å². The molecule has 2 nitrogen and oxygen atoms in total. The van der Waals surface area contributed by atoms with Crippen LogP contribution < -0.4 is 0 Å². The third-order valence-electron chi connectivity index (χ3n) is 4.16. The number of hydrogen-bond donors (Lipinski definition) is 1. The molecule has 1 fully saturated rings.